The van der Waals surface area contributed by atoms with Gasteiger partial charge < -0.3 is 23.9 Å². The third-order valence-electron chi connectivity index (χ3n) is 4.40. The second-order valence-electron chi connectivity index (χ2n) is 6.45. The molecule has 0 unspecified atom stereocenters. The first-order chi connectivity index (χ1) is 14.0. The van der Waals surface area contributed by atoms with Crippen molar-refractivity contribution in [3.05, 3.63) is 54.0 Å². The summed E-state index contributed by atoms with van der Waals surface area (Å²) in [7, 11) is 4.58. The molecule has 2 aromatic carbocycles. The summed E-state index contributed by atoms with van der Waals surface area (Å²) in [5.74, 6) is 2.44. The Morgan fingerprint density at radius 3 is 2.28 bits per heavy atom. The maximum Gasteiger partial charge on any atom is 0.224 e. The highest BCUT2D eigenvalue weighted by Gasteiger charge is 2.15. The Morgan fingerprint density at radius 2 is 1.69 bits per heavy atom. The van der Waals surface area contributed by atoms with Crippen molar-refractivity contribution in [2.75, 3.05) is 26.6 Å². The number of carbonyl (C=O) groups excluding carboxylic acids is 1. The lowest BCUT2D eigenvalue weighted by molar-refractivity contribution is -0.116. The molecule has 3 rings (SSSR count). The molecule has 0 aliphatic rings. The van der Waals surface area contributed by atoms with Crippen LogP contribution in [0.1, 0.15) is 17.9 Å². The molecule has 0 bridgehead atoms. The average molecular weight is 396 g/mol. The van der Waals surface area contributed by atoms with E-state index in [1.54, 1.807) is 18.3 Å². The zero-order chi connectivity index (χ0) is 20.8. The van der Waals surface area contributed by atoms with Gasteiger partial charge in [-0.05, 0) is 6.92 Å². The maximum atomic E-state index is 12.4. The lowest BCUT2D eigenvalue weighted by atomic mass is 10.1. The summed E-state index contributed by atoms with van der Waals surface area (Å²) in [5.41, 5.74) is 2.69. The van der Waals surface area contributed by atoms with Crippen LogP contribution in [-0.4, -0.2) is 32.2 Å². The van der Waals surface area contributed by atoms with Crippen molar-refractivity contribution in [1.29, 1.82) is 0 Å². The van der Waals surface area contributed by atoms with Gasteiger partial charge in [0, 0.05) is 36.2 Å². The fourth-order valence-corrected chi connectivity index (χ4v) is 2.87. The summed E-state index contributed by atoms with van der Waals surface area (Å²) in [6, 6.07) is 11.4. The number of anilines is 1. The first-order valence-electron chi connectivity index (χ1n) is 9.15. The van der Waals surface area contributed by atoms with Gasteiger partial charge in [-0.3, -0.25) is 4.79 Å². The highest BCUT2D eigenvalue weighted by atomic mass is 16.5. The van der Waals surface area contributed by atoms with Gasteiger partial charge in [-0.15, -0.1) is 0 Å². The lowest BCUT2D eigenvalue weighted by Gasteiger charge is -2.14. The topological polar surface area (TPSA) is 82.8 Å². The highest BCUT2D eigenvalue weighted by molar-refractivity contribution is 5.91. The Kier molecular flexibility index (Phi) is 6.39. The number of benzene rings is 2. The molecule has 0 saturated heterocycles. The Balaban J connectivity index is 1.62. The molecule has 0 spiro atoms. The number of ether oxygens (including phenoxy) is 3. The molecule has 152 valence electrons. The molecule has 7 heteroatoms. The molecule has 1 N–H and O–H groups in total. The smallest absolute Gasteiger partial charge is 0.224 e. The van der Waals surface area contributed by atoms with Crippen molar-refractivity contribution in [3.63, 3.8) is 0 Å². The van der Waals surface area contributed by atoms with Crippen LogP contribution in [0.25, 0.3) is 11.3 Å². The van der Waals surface area contributed by atoms with E-state index in [1.165, 1.54) is 26.9 Å². The van der Waals surface area contributed by atoms with Crippen LogP contribution in [0.15, 0.2) is 47.0 Å². The number of amides is 1. The third-order valence-corrected chi connectivity index (χ3v) is 4.40. The van der Waals surface area contributed by atoms with Gasteiger partial charge in [-0.25, -0.2) is 4.98 Å². The van der Waals surface area contributed by atoms with Crippen LogP contribution in [0.2, 0.25) is 0 Å². The molecule has 0 fully saturated rings. The number of oxazole rings is 1. The standard InChI is InChI=1S/C22H24N2O5/c1-14-5-7-15(8-6-14)19-13-23-21(29-19)10-9-20(25)24-16-11-17(26-2)22(28-4)18(12-16)27-3/h5-8,11-13H,9-10H2,1-4H3,(H,24,25). The largest absolute Gasteiger partial charge is 0.493 e. The molecule has 0 aliphatic heterocycles. The van der Waals surface area contributed by atoms with Crippen LogP contribution >= 0.6 is 0 Å². The van der Waals surface area contributed by atoms with Crippen molar-refractivity contribution >= 4 is 11.6 Å². The Labute approximate surface area is 169 Å². The zero-order valence-corrected chi connectivity index (χ0v) is 16.9. The van der Waals surface area contributed by atoms with E-state index in [9.17, 15) is 4.79 Å². The summed E-state index contributed by atoms with van der Waals surface area (Å²) in [5, 5.41) is 2.83. The van der Waals surface area contributed by atoms with E-state index >= 15 is 0 Å². The molecular weight excluding hydrogens is 372 g/mol. The number of hydrogen-bond donors (Lipinski definition) is 1. The Hall–Kier alpha value is -3.48. The third kappa shape index (κ3) is 4.87. The van der Waals surface area contributed by atoms with Crippen molar-refractivity contribution < 1.29 is 23.4 Å². The van der Waals surface area contributed by atoms with E-state index in [2.05, 4.69) is 10.3 Å². The van der Waals surface area contributed by atoms with Crippen molar-refractivity contribution in [3.8, 4) is 28.6 Å². The minimum atomic E-state index is -0.172. The molecule has 3 aromatic rings. The van der Waals surface area contributed by atoms with Gasteiger partial charge in [-0.2, -0.15) is 0 Å². The molecule has 29 heavy (non-hydrogen) atoms. The van der Waals surface area contributed by atoms with Gasteiger partial charge in [0.2, 0.25) is 11.7 Å². The van der Waals surface area contributed by atoms with E-state index in [0.29, 0.717) is 41.0 Å². The Morgan fingerprint density at radius 1 is 1.03 bits per heavy atom. The van der Waals surface area contributed by atoms with Gasteiger partial charge in [0.25, 0.3) is 0 Å². The molecule has 0 radical (unpaired) electrons. The zero-order valence-electron chi connectivity index (χ0n) is 16.9. The molecule has 0 atom stereocenters. The molecule has 0 saturated carbocycles. The Bertz CT molecular complexity index is 954. The van der Waals surface area contributed by atoms with E-state index < -0.39 is 0 Å². The number of hydrogen-bond acceptors (Lipinski definition) is 6. The summed E-state index contributed by atoms with van der Waals surface area (Å²) < 4.78 is 21.7. The predicted molar refractivity (Wildman–Crippen MR) is 110 cm³/mol. The second kappa shape index (κ2) is 9.14. The number of aryl methyl sites for hydroxylation is 2. The summed E-state index contributed by atoms with van der Waals surface area (Å²) in [6.45, 7) is 2.03. The summed E-state index contributed by atoms with van der Waals surface area (Å²) in [4.78, 5) is 16.6. The minimum absolute atomic E-state index is 0.172. The first kappa shape index (κ1) is 20.3. The van der Waals surface area contributed by atoms with Crippen LogP contribution in [0.4, 0.5) is 5.69 Å². The number of carbonyl (C=O) groups is 1. The molecule has 7 nitrogen and oxygen atoms in total. The number of nitrogens with one attached hydrogen (secondary N) is 1. The number of rotatable bonds is 8. The first-order valence-corrected chi connectivity index (χ1v) is 9.15. The summed E-state index contributed by atoms with van der Waals surface area (Å²) in [6.07, 6.45) is 2.30. The monoisotopic (exact) mass is 396 g/mol. The quantitative estimate of drug-likeness (QED) is 0.613. The SMILES string of the molecule is COc1cc(NC(=O)CCc2ncc(-c3ccc(C)cc3)o2)cc(OC)c1OC. The van der Waals surface area contributed by atoms with Crippen molar-refractivity contribution in [2.24, 2.45) is 0 Å². The van der Waals surface area contributed by atoms with E-state index in [4.69, 9.17) is 18.6 Å². The predicted octanol–water partition coefficient (Wildman–Crippen LogP) is 4.25. The van der Waals surface area contributed by atoms with Gasteiger partial charge >= 0.3 is 0 Å². The van der Waals surface area contributed by atoms with Crippen LogP contribution in [-0.2, 0) is 11.2 Å². The van der Waals surface area contributed by atoms with Gasteiger partial charge in [0.15, 0.2) is 23.1 Å². The molecular formula is C22H24N2O5. The fraction of sp³-hybridized carbons (Fsp3) is 0.273. The van der Waals surface area contributed by atoms with Crippen LogP contribution in [0, 0.1) is 6.92 Å². The van der Waals surface area contributed by atoms with E-state index in [-0.39, 0.29) is 12.3 Å². The second-order valence-corrected chi connectivity index (χ2v) is 6.45. The lowest BCUT2D eigenvalue weighted by Crippen LogP contribution is -2.12. The minimum Gasteiger partial charge on any atom is -0.493 e. The maximum absolute atomic E-state index is 12.4. The van der Waals surface area contributed by atoms with Gasteiger partial charge in [-0.1, -0.05) is 29.8 Å². The van der Waals surface area contributed by atoms with Crippen molar-refractivity contribution in [2.45, 2.75) is 19.8 Å². The van der Waals surface area contributed by atoms with Crippen molar-refractivity contribution in [1.82, 2.24) is 4.98 Å². The van der Waals surface area contributed by atoms with E-state index in [0.717, 1.165) is 5.56 Å². The van der Waals surface area contributed by atoms with Crippen LogP contribution in [0.5, 0.6) is 17.2 Å². The molecule has 1 heterocycles. The normalized spacial score (nSPS) is 10.5. The van der Waals surface area contributed by atoms with E-state index in [1.807, 2.05) is 31.2 Å². The molecule has 1 aromatic heterocycles. The fourth-order valence-electron chi connectivity index (χ4n) is 2.87. The molecule has 1 amide bonds. The van der Waals surface area contributed by atoms with Crippen LogP contribution < -0.4 is 19.5 Å². The number of methoxy groups -OCH3 is 3. The summed E-state index contributed by atoms with van der Waals surface area (Å²) >= 11 is 0. The molecule has 0 aliphatic carbocycles. The van der Waals surface area contributed by atoms with Crippen LogP contribution in [0.3, 0.4) is 0 Å². The number of nitrogens with zero attached hydrogens (tertiary/aromatic N) is 1. The highest BCUT2D eigenvalue weighted by Crippen LogP contribution is 2.39. The van der Waals surface area contributed by atoms with Gasteiger partial charge in [0.1, 0.15) is 0 Å². The van der Waals surface area contributed by atoms with Gasteiger partial charge in [0.05, 0.1) is 27.5 Å². The average Bonchev–Trinajstić information content (AvgIpc) is 3.21. The number of aromatic nitrogens is 1.